The SMILES string of the molecule is CC(C)(C)c1cc(C(=O)Nc2cccc(SCc3cncc4ccccc34)c2)ccc1O. The van der Waals surface area contributed by atoms with Crippen LogP contribution in [0.5, 0.6) is 5.75 Å². The van der Waals surface area contributed by atoms with E-state index in [2.05, 4.69) is 22.4 Å². The van der Waals surface area contributed by atoms with Crippen LogP contribution in [0.15, 0.2) is 84.0 Å². The quantitative estimate of drug-likeness (QED) is 0.334. The van der Waals surface area contributed by atoms with Crippen LogP contribution in [0.1, 0.15) is 42.3 Å². The first-order chi connectivity index (χ1) is 15.3. The molecule has 0 aliphatic heterocycles. The van der Waals surface area contributed by atoms with Gasteiger partial charge < -0.3 is 10.4 Å². The standard InChI is InChI=1S/C27H26N2O2S/c1-27(2,3)24-13-18(11-12-25(24)30)26(31)29-21-8-6-9-22(14-21)32-17-20-16-28-15-19-7-4-5-10-23(19)20/h4-16,30H,17H2,1-3H3,(H,29,31). The Morgan fingerprint density at radius 2 is 1.81 bits per heavy atom. The summed E-state index contributed by atoms with van der Waals surface area (Å²) in [7, 11) is 0. The molecule has 4 nitrogen and oxygen atoms in total. The number of aromatic hydroxyl groups is 1. The number of pyridine rings is 1. The minimum atomic E-state index is -0.257. The highest BCUT2D eigenvalue weighted by Crippen LogP contribution is 2.32. The second kappa shape index (κ2) is 9.05. The number of amides is 1. The molecule has 0 radical (unpaired) electrons. The Labute approximate surface area is 192 Å². The molecule has 4 rings (SSSR count). The third-order valence-electron chi connectivity index (χ3n) is 5.30. The molecule has 1 aromatic heterocycles. The molecule has 0 atom stereocenters. The molecule has 0 spiro atoms. The van der Waals surface area contributed by atoms with Crippen molar-refractivity contribution in [3.8, 4) is 5.75 Å². The first kappa shape index (κ1) is 21.9. The van der Waals surface area contributed by atoms with Crippen molar-refractivity contribution in [1.82, 2.24) is 4.98 Å². The Bertz CT molecular complexity index is 1270. The minimum Gasteiger partial charge on any atom is -0.508 e. The first-order valence-corrected chi connectivity index (χ1v) is 11.5. The summed E-state index contributed by atoms with van der Waals surface area (Å²) in [6.07, 6.45) is 3.80. The van der Waals surface area contributed by atoms with E-state index in [1.165, 1.54) is 10.9 Å². The average molecular weight is 443 g/mol. The summed E-state index contributed by atoms with van der Waals surface area (Å²) in [5.74, 6) is 0.796. The van der Waals surface area contributed by atoms with Gasteiger partial charge >= 0.3 is 0 Å². The van der Waals surface area contributed by atoms with E-state index in [1.807, 2.05) is 69.6 Å². The Kier molecular flexibility index (Phi) is 6.19. The molecule has 0 fully saturated rings. The number of rotatable bonds is 5. The zero-order valence-electron chi connectivity index (χ0n) is 18.4. The zero-order chi connectivity index (χ0) is 22.7. The van der Waals surface area contributed by atoms with E-state index in [0.717, 1.165) is 27.3 Å². The van der Waals surface area contributed by atoms with E-state index >= 15 is 0 Å². The lowest BCUT2D eigenvalue weighted by Crippen LogP contribution is -2.16. The fourth-order valence-electron chi connectivity index (χ4n) is 3.60. The topological polar surface area (TPSA) is 62.2 Å². The molecule has 0 aliphatic carbocycles. The summed E-state index contributed by atoms with van der Waals surface area (Å²) < 4.78 is 0. The van der Waals surface area contributed by atoms with Crippen molar-refractivity contribution in [2.75, 3.05) is 5.32 Å². The van der Waals surface area contributed by atoms with E-state index in [1.54, 1.807) is 30.0 Å². The van der Waals surface area contributed by atoms with Crippen LogP contribution in [0, 0.1) is 0 Å². The molecule has 4 aromatic rings. The van der Waals surface area contributed by atoms with Crippen molar-refractivity contribution in [3.63, 3.8) is 0 Å². The van der Waals surface area contributed by atoms with Crippen LogP contribution in [0.2, 0.25) is 0 Å². The molecule has 3 aromatic carbocycles. The van der Waals surface area contributed by atoms with Gasteiger partial charge in [-0.1, -0.05) is 51.1 Å². The van der Waals surface area contributed by atoms with E-state index in [0.29, 0.717) is 5.56 Å². The molecule has 0 bridgehead atoms. The summed E-state index contributed by atoms with van der Waals surface area (Å²) in [6.45, 7) is 6.03. The highest BCUT2D eigenvalue weighted by molar-refractivity contribution is 7.98. The van der Waals surface area contributed by atoms with Crippen LogP contribution < -0.4 is 5.32 Å². The van der Waals surface area contributed by atoms with E-state index in [-0.39, 0.29) is 17.1 Å². The number of phenols is 1. The van der Waals surface area contributed by atoms with Gasteiger partial charge in [-0.25, -0.2) is 0 Å². The Hall–Kier alpha value is -3.31. The van der Waals surface area contributed by atoms with Crippen LogP contribution in [-0.4, -0.2) is 16.0 Å². The number of carbonyl (C=O) groups excluding carboxylic acids is 1. The molecule has 32 heavy (non-hydrogen) atoms. The molecule has 0 saturated carbocycles. The number of phenolic OH excluding ortho intramolecular Hbond substituents is 1. The van der Waals surface area contributed by atoms with Crippen LogP contribution in [0.3, 0.4) is 0 Å². The largest absolute Gasteiger partial charge is 0.508 e. The lowest BCUT2D eigenvalue weighted by atomic mass is 9.85. The van der Waals surface area contributed by atoms with E-state index < -0.39 is 0 Å². The van der Waals surface area contributed by atoms with Gasteiger partial charge in [0, 0.05) is 45.2 Å². The van der Waals surface area contributed by atoms with Crippen LogP contribution in [-0.2, 0) is 11.2 Å². The van der Waals surface area contributed by atoms with Crippen LogP contribution in [0.4, 0.5) is 5.69 Å². The van der Waals surface area contributed by atoms with Crippen LogP contribution in [0.25, 0.3) is 10.8 Å². The second-order valence-electron chi connectivity index (χ2n) is 8.77. The summed E-state index contributed by atoms with van der Waals surface area (Å²) in [5.41, 5.74) is 2.93. The summed E-state index contributed by atoms with van der Waals surface area (Å²) in [5, 5.41) is 15.5. The van der Waals surface area contributed by atoms with Gasteiger partial charge in [-0.15, -0.1) is 11.8 Å². The van der Waals surface area contributed by atoms with Gasteiger partial charge in [0.25, 0.3) is 5.91 Å². The third-order valence-corrected chi connectivity index (χ3v) is 6.35. The minimum absolute atomic E-state index is 0.198. The lowest BCUT2D eigenvalue weighted by Gasteiger charge is -2.21. The molecular weight excluding hydrogens is 416 g/mol. The summed E-state index contributed by atoms with van der Waals surface area (Å²) in [6, 6.07) is 21.1. The first-order valence-electron chi connectivity index (χ1n) is 10.5. The third kappa shape index (κ3) is 4.94. The monoisotopic (exact) mass is 442 g/mol. The highest BCUT2D eigenvalue weighted by Gasteiger charge is 2.20. The summed E-state index contributed by atoms with van der Waals surface area (Å²) in [4.78, 5) is 18.3. The summed E-state index contributed by atoms with van der Waals surface area (Å²) >= 11 is 1.71. The molecule has 0 saturated heterocycles. The van der Waals surface area contributed by atoms with Crippen molar-refractivity contribution in [2.24, 2.45) is 0 Å². The maximum Gasteiger partial charge on any atom is 0.255 e. The smallest absolute Gasteiger partial charge is 0.255 e. The predicted octanol–water partition coefficient (Wildman–Crippen LogP) is 6.78. The van der Waals surface area contributed by atoms with Crippen LogP contribution >= 0.6 is 11.8 Å². The van der Waals surface area contributed by atoms with E-state index in [9.17, 15) is 9.90 Å². The predicted molar refractivity (Wildman–Crippen MR) is 133 cm³/mol. The van der Waals surface area contributed by atoms with Crippen molar-refractivity contribution in [3.05, 3.63) is 95.8 Å². The normalized spacial score (nSPS) is 11.5. The lowest BCUT2D eigenvalue weighted by molar-refractivity contribution is 0.102. The van der Waals surface area contributed by atoms with Crippen molar-refractivity contribution in [2.45, 2.75) is 36.8 Å². The molecule has 5 heteroatoms. The molecule has 1 heterocycles. The molecule has 1 amide bonds. The van der Waals surface area contributed by atoms with Gasteiger partial charge in [-0.2, -0.15) is 0 Å². The second-order valence-corrected chi connectivity index (χ2v) is 9.82. The van der Waals surface area contributed by atoms with Gasteiger partial charge in [0.1, 0.15) is 5.75 Å². The number of thioether (sulfide) groups is 1. The number of benzene rings is 3. The maximum absolute atomic E-state index is 12.8. The van der Waals surface area contributed by atoms with E-state index in [4.69, 9.17) is 0 Å². The number of hydrogen-bond acceptors (Lipinski definition) is 4. The number of aromatic nitrogens is 1. The number of fused-ring (bicyclic) bond motifs is 1. The molecule has 0 unspecified atom stereocenters. The fourth-order valence-corrected chi connectivity index (χ4v) is 4.54. The Morgan fingerprint density at radius 3 is 2.62 bits per heavy atom. The number of nitrogens with one attached hydrogen (secondary N) is 1. The Morgan fingerprint density at radius 1 is 1.00 bits per heavy atom. The maximum atomic E-state index is 12.8. The highest BCUT2D eigenvalue weighted by atomic mass is 32.2. The zero-order valence-corrected chi connectivity index (χ0v) is 19.2. The molecule has 0 aliphatic rings. The van der Waals surface area contributed by atoms with Gasteiger partial charge in [-0.3, -0.25) is 9.78 Å². The number of anilines is 1. The van der Waals surface area contributed by atoms with Gasteiger partial charge in [0.2, 0.25) is 0 Å². The molecule has 2 N–H and O–H groups in total. The Balaban J connectivity index is 1.48. The number of hydrogen-bond donors (Lipinski definition) is 2. The van der Waals surface area contributed by atoms with Gasteiger partial charge in [-0.05, 0) is 52.8 Å². The van der Waals surface area contributed by atoms with Gasteiger partial charge in [0.05, 0.1) is 0 Å². The fraction of sp³-hybridized carbons (Fsp3) is 0.185. The van der Waals surface area contributed by atoms with Gasteiger partial charge in [0.15, 0.2) is 0 Å². The van der Waals surface area contributed by atoms with Crippen molar-refractivity contribution in [1.29, 1.82) is 0 Å². The molecule has 162 valence electrons. The molecular formula is C27H26N2O2S. The number of carbonyl (C=O) groups is 1. The average Bonchev–Trinajstić information content (AvgIpc) is 2.77. The van der Waals surface area contributed by atoms with Crippen molar-refractivity contribution < 1.29 is 9.90 Å². The van der Waals surface area contributed by atoms with Crippen molar-refractivity contribution >= 4 is 34.1 Å². The number of nitrogens with zero attached hydrogens (tertiary/aromatic N) is 1.